The van der Waals surface area contributed by atoms with E-state index < -0.39 is 0 Å². The molecule has 1 aromatic carbocycles. The SMILES string of the molecule is O=Cc1c(Cl)cccc1C=CCCO. The number of hydrogen-bond donors (Lipinski definition) is 1. The first-order valence-electron chi connectivity index (χ1n) is 4.30. The maximum Gasteiger partial charge on any atom is 0.152 e. The van der Waals surface area contributed by atoms with E-state index in [1.807, 2.05) is 6.07 Å². The zero-order valence-electron chi connectivity index (χ0n) is 7.61. The average Bonchev–Trinajstić information content (AvgIpc) is 2.18. The van der Waals surface area contributed by atoms with Crippen molar-refractivity contribution in [3.63, 3.8) is 0 Å². The van der Waals surface area contributed by atoms with Crippen molar-refractivity contribution < 1.29 is 9.90 Å². The molecule has 0 fully saturated rings. The summed E-state index contributed by atoms with van der Waals surface area (Å²) in [5.41, 5.74) is 1.27. The number of aldehydes is 1. The van der Waals surface area contributed by atoms with Crippen LogP contribution in [0.5, 0.6) is 0 Å². The summed E-state index contributed by atoms with van der Waals surface area (Å²) < 4.78 is 0. The number of benzene rings is 1. The second-order valence-electron chi connectivity index (χ2n) is 2.78. The van der Waals surface area contributed by atoms with E-state index in [0.717, 1.165) is 11.8 Å². The highest BCUT2D eigenvalue weighted by atomic mass is 35.5. The zero-order chi connectivity index (χ0) is 10.4. The summed E-state index contributed by atoms with van der Waals surface area (Å²) in [6.45, 7) is 0.105. The van der Waals surface area contributed by atoms with Gasteiger partial charge in [-0.3, -0.25) is 4.79 Å². The van der Waals surface area contributed by atoms with Crippen molar-refractivity contribution in [1.29, 1.82) is 0 Å². The predicted molar refractivity (Wildman–Crippen MR) is 57.6 cm³/mol. The summed E-state index contributed by atoms with van der Waals surface area (Å²) in [5, 5.41) is 9.03. The van der Waals surface area contributed by atoms with Crippen LogP contribution >= 0.6 is 11.6 Å². The Bertz CT molecular complexity index is 345. The number of aliphatic hydroxyl groups is 1. The smallest absolute Gasteiger partial charge is 0.152 e. The molecule has 0 amide bonds. The molecule has 0 bridgehead atoms. The third-order valence-electron chi connectivity index (χ3n) is 1.80. The Labute approximate surface area is 87.8 Å². The maximum absolute atomic E-state index is 10.7. The van der Waals surface area contributed by atoms with E-state index >= 15 is 0 Å². The minimum absolute atomic E-state index is 0.105. The standard InChI is InChI=1S/C11H11ClO2/c12-11-6-3-5-9(10(11)8-14)4-1-2-7-13/h1,3-6,8,13H,2,7H2. The summed E-state index contributed by atoms with van der Waals surface area (Å²) in [5.74, 6) is 0. The summed E-state index contributed by atoms with van der Waals surface area (Å²) in [6, 6.07) is 5.27. The predicted octanol–water partition coefficient (Wildman–Crippen LogP) is 2.55. The Morgan fingerprint density at radius 2 is 2.21 bits per heavy atom. The van der Waals surface area contributed by atoms with Gasteiger partial charge in [0.2, 0.25) is 0 Å². The molecule has 3 heteroatoms. The van der Waals surface area contributed by atoms with Crippen LogP contribution in [0.2, 0.25) is 5.02 Å². The average molecular weight is 211 g/mol. The fourth-order valence-electron chi connectivity index (χ4n) is 1.11. The quantitative estimate of drug-likeness (QED) is 0.776. The molecule has 0 heterocycles. The van der Waals surface area contributed by atoms with Gasteiger partial charge in [-0.25, -0.2) is 0 Å². The number of rotatable bonds is 4. The normalized spacial score (nSPS) is 10.7. The Balaban J connectivity index is 2.96. The van der Waals surface area contributed by atoms with E-state index in [1.165, 1.54) is 0 Å². The second kappa shape index (κ2) is 5.58. The van der Waals surface area contributed by atoms with E-state index in [9.17, 15) is 4.79 Å². The fourth-order valence-corrected chi connectivity index (χ4v) is 1.33. The largest absolute Gasteiger partial charge is 0.396 e. The van der Waals surface area contributed by atoms with Gasteiger partial charge in [-0.1, -0.05) is 35.9 Å². The number of halogens is 1. The lowest BCUT2D eigenvalue weighted by molar-refractivity contribution is 0.112. The first-order valence-corrected chi connectivity index (χ1v) is 4.68. The molecule has 0 saturated heterocycles. The Hall–Kier alpha value is -1.12. The van der Waals surface area contributed by atoms with Crippen LogP contribution in [0.25, 0.3) is 6.08 Å². The molecule has 1 aromatic rings. The lowest BCUT2D eigenvalue weighted by Gasteiger charge is -2.00. The van der Waals surface area contributed by atoms with Gasteiger partial charge in [0.25, 0.3) is 0 Å². The van der Waals surface area contributed by atoms with Crippen LogP contribution in [0.4, 0.5) is 0 Å². The molecule has 0 radical (unpaired) electrons. The molecule has 0 aliphatic carbocycles. The van der Waals surface area contributed by atoms with Crippen LogP contribution in [0.3, 0.4) is 0 Å². The van der Waals surface area contributed by atoms with E-state index in [4.69, 9.17) is 16.7 Å². The van der Waals surface area contributed by atoms with Crippen LogP contribution in [-0.2, 0) is 0 Å². The van der Waals surface area contributed by atoms with Crippen molar-refractivity contribution in [3.05, 3.63) is 40.4 Å². The molecule has 14 heavy (non-hydrogen) atoms. The van der Waals surface area contributed by atoms with Crippen LogP contribution in [0, 0.1) is 0 Å². The van der Waals surface area contributed by atoms with Crippen LogP contribution in [-0.4, -0.2) is 18.0 Å². The maximum atomic E-state index is 10.7. The molecule has 0 unspecified atom stereocenters. The van der Waals surface area contributed by atoms with Gasteiger partial charge >= 0.3 is 0 Å². The summed E-state index contributed by atoms with van der Waals surface area (Å²) in [7, 11) is 0. The van der Waals surface area contributed by atoms with E-state index in [1.54, 1.807) is 24.3 Å². The third-order valence-corrected chi connectivity index (χ3v) is 2.13. The van der Waals surface area contributed by atoms with Crippen LogP contribution < -0.4 is 0 Å². The molecular formula is C11H11ClO2. The van der Waals surface area contributed by atoms with Gasteiger partial charge in [-0.15, -0.1) is 0 Å². The van der Waals surface area contributed by atoms with Crippen molar-refractivity contribution in [2.45, 2.75) is 6.42 Å². The van der Waals surface area contributed by atoms with Gasteiger partial charge in [0, 0.05) is 12.2 Å². The third kappa shape index (κ3) is 2.69. The topological polar surface area (TPSA) is 37.3 Å². The van der Waals surface area contributed by atoms with Crippen molar-refractivity contribution in [2.75, 3.05) is 6.61 Å². The van der Waals surface area contributed by atoms with Crippen molar-refractivity contribution in [2.24, 2.45) is 0 Å². The summed E-state index contributed by atoms with van der Waals surface area (Å²) >= 11 is 5.83. The Morgan fingerprint density at radius 1 is 1.43 bits per heavy atom. The highest BCUT2D eigenvalue weighted by molar-refractivity contribution is 6.33. The van der Waals surface area contributed by atoms with Gasteiger partial charge < -0.3 is 5.11 Å². The van der Waals surface area contributed by atoms with Gasteiger partial charge in [-0.05, 0) is 18.1 Å². The molecule has 0 aliphatic heterocycles. The fraction of sp³-hybridized carbons (Fsp3) is 0.182. The van der Waals surface area contributed by atoms with Crippen molar-refractivity contribution >= 4 is 24.0 Å². The second-order valence-corrected chi connectivity index (χ2v) is 3.18. The molecule has 0 aliphatic rings. The molecule has 0 atom stereocenters. The molecule has 2 nitrogen and oxygen atoms in total. The van der Waals surface area contributed by atoms with Crippen molar-refractivity contribution in [1.82, 2.24) is 0 Å². The number of aliphatic hydroxyl groups excluding tert-OH is 1. The molecule has 0 spiro atoms. The van der Waals surface area contributed by atoms with Gasteiger partial charge in [0.1, 0.15) is 0 Å². The van der Waals surface area contributed by atoms with E-state index in [0.29, 0.717) is 17.0 Å². The first kappa shape index (κ1) is 11.0. The van der Waals surface area contributed by atoms with Crippen LogP contribution in [0.1, 0.15) is 22.3 Å². The lowest BCUT2D eigenvalue weighted by Crippen LogP contribution is -1.87. The van der Waals surface area contributed by atoms with Gasteiger partial charge in [0.15, 0.2) is 6.29 Å². The van der Waals surface area contributed by atoms with Crippen molar-refractivity contribution in [3.8, 4) is 0 Å². The molecule has 0 saturated carbocycles. The summed E-state index contributed by atoms with van der Waals surface area (Å²) in [6.07, 6.45) is 4.90. The molecule has 74 valence electrons. The lowest BCUT2D eigenvalue weighted by atomic mass is 10.1. The minimum Gasteiger partial charge on any atom is -0.396 e. The highest BCUT2D eigenvalue weighted by Gasteiger charge is 2.01. The van der Waals surface area contributed by atoms with Gasteiger partial charge in [0.05, 0.1) is 5.02 Å². The first-order chi connectivity index (χ1) is 6.79. The van der Waals surface area contributed by atoms with Crippen LogP contribution in [0.15, 0.2) is 24.3 Å². The summed E-state index contributed by atoms with van der Waals surface area (Å²) in [4.78, 5) is 10.7. The number of carbonyl (C=O) groups is 1. The number of carbonyl (C=O) groups excluding carboxylic acids is 1. The Kier molecular flexibility index (Phi) is 4.36. The molecule has 1 rings (SSSR count). The molecule has 0 aromatic heterocycles. The number of hydrogen-bond acceptors (Lipinski definition) is 2. The highest BCUT2D eigenvalue weighted by Crippen LogP contribution is 2.19. The molecule has 1 N–H and O–H groups in total. The monoisotopic (exact) mass is 210 g/mol. The molecular weight excluding hydrogens is 200 g/mol. The van der Waals surface area contributed by atoms with E-state index in [2.05, 4.69) is 0 Å². The zero-order valence-corrected chi connectivity index (χ0v) is 8.37. The Morgan fingerprint density at radius 3 is 2.86 bits per heavy atom. The minimum atomic E-state index is 0.105. The van der Waals surface area contributed by atoms with E-state index in [-0.39, 0.29) is 6.61 Å². The van der Waals surface area contributed by atoms with Gasteiger partial charge in [-0.2, -0.15) is 0 Å².